The van der Waals surface area contributed by atoms with Crippen molar-refractivity contribution >= 4 is 0 Å². The molecule has 0 bridgehead atoms. The van der Waals surface area contributed by atoms with E-state index in [9.17, 15) is 0 Å². The van der Waals surface area contributed by atoms with Gasteiger partial charge in [-0.25, -0.2) is 4.68 Å². The highest BCUT2D eigenvalue weighted by atomic mass is 16.5. The molecular formula is C9H13N3O2. The van der Waals surface area contributed by atoms with Crippen LogP contribution in [0.1, 0.15) is 19.9 Å². The number of rotatable bonds is 4. The van der Waals surface area contributed by atoms with Crippen molar-refractivity contribution in [2.24, 2.45) is 0 Å². The van der Waals surface area contributed by atoms with Crippen LogP contribution in [0.2, 0.25) is 0 Å². The molecule has 1 aromatic heterocycles. The van der Waals surface area contributed by atoms with Crippen LogP contribution in [0, 0.1) is 11.3 Å². The quantitative estimate of drug-likeness (QED) is 0.728. The first-order valence-electron chi connectivity index (χ1n) is 4.32. The first-order chi connectivity index (χ1) is 6.69. The van der Waals surface area contributed by atoms with Gasteiger partial charge in [-0.3, -0.25) is 0 Å². The third-order valence-electron chi connectivity index (χ3n) is 1.66. The molecule has 0 radical (unpaired) electrons. The van der Waals surface area contributed by atoms with Gasteiger partial charge in [0.15, 0.2) is 6.61 Å². The number of methoxy groups -OCH3 is 1. The molecule has 5 nitrogen and oxygen atoms in total. The van der Waals surface area contributed by atoms with Gasteiger partial charge in [0.1, 0.15) is 6.07 Å². The predicted molar refractivity (Wildman–Crippen MR) is 50.3 cm³/mol. The molecule has 0 spiro atoms. The molecule has 0 atom stereocenters. The Bertz CT molecular complexity index is 338. The molecule has 0 saturated heterocycles. The van der Waals surface area contributed by atoms with Crippen molar-refractivity contribution in [2.75, 3.05) is 13.7 Å². The molecule has 0 amide bonds. The molecule has 76 valence electrons. The van der Waals surface area contributed by atoms with Gasteiger partial charge in [0.05, 0.1) is 19.2 Å². The molecule has 1 rings (SSSR count). The molecule has 0 unspecified atom stereocenters. The van der Waals surface area contributed by atoms with Gasteiger partial charge < -0.3 is 9.47 Å². The van der Waals surface area contributed by atoms with Crippen LogP contribution in [-0.2, 0) is 0 Å². The highest BCUT2D eigenvalue weighted by molar-refractivity contribution is 5.21. The minimum atomic E-state index is 0.0154. The molecule has 0 fully saturated rings. The van der Waals surface area contributed by atoms with Crippen molar-refractivity contribution in [3.8, 4) is 17.8 Å². The summed E-state index contributed by atoms with van der Waals surface area (Å²) in [7, 11) is 1.54. The third-order valence-corrected chi connectivity index (χ3v) is 1.66. The van der Waals surface area contributed by atoms with Crippen LogP contribution < -0.4 is 9.47 Å². The van der Waals surface area contributed by atoms with E-state index in [0.29, 0.717) is 11.8 Å². The Morgan fingerprint density at radius 1 is 1.64 bits per heavy atom. The van der Waals surface area contributed by atoms with E-state index in [-0.39, 0.29) is 12.6 Å². The van der Waals surface area contributed by atoms with Gasteiger partial charge in [0.2, 0.25) is 11.8 Å². The Kier molecular flexibility index (Phi) is 3.35. The number of nitriles is 1. The minimum absolute atomic E-state index is 0.0154. The van der Waals surface area contributed by atoms with Crippen LogP contribution >= 0.6 is 0 Å². The van der Waals surface area contributed by atoms with Gasteiger partial charge in [-0.15, -0.1) is 5.10 Å². The van der Waals surface area contributed by atoms with Crippen LogP contribution in [0.3, 0.4) is 0 Å². The number of hydrogen-bond donors (Lipinski definition) is 0. The van der Waals surface area contributed by atoms with Gasteiger partial charge in [0, 0.05) is 0 Å². The van der Waals surface area contributed by atoms with E-state index in [1.54, 1.807) is 17.9 Å². The topological polar surface area (TPSA) is 60.1 Å². The largest absolute Gasteiger partial charge is 0.480 e. The fraction of sp³-hybridized carbons (Fsp3) is 0.556. The monoisotopic (exact) mass is 195 g/mol. The zero-order valence-corrected chi connectivity index (χ0v) is 8.52. The lowest BCUT2D eigenvalue weighted by molar-refractivity contribution is 0.311. The second-order valence-electron chi connectivity index (χ2n) is 3.01. The van der Waals surface area contributed by atoms with E-state index in [1.807, 2.05) is 19.9 Å². The lowest BCUT2D eigenvalue weighted by atomic mass is 10.4. The maximum absolute atomic E-state index is 8.39. The summed E-state index contributed by atoms with van der Waals surface area (Å²) in [5.41, 5.74) is 0. The van der Waals surface area contributed by atoms with Crippen molar-refractivity contribution < 1.29 is 9.47 Å². The van der Waals surface area contributed by atoms with Crippen LogP contribution in [0.25, 0.3) is 0 Å². The zero-order valence-electron chi connectivity index (χ0n) is 8.52. The summed E-state index contributed by atoms with van der Waals surface area (Å²) >= 11 is 0. The van der Waals surface area contributed by atoms with Crippen molar-refractivity contribution in [2.45, 2.75) is 19.9 Å². The van der Waals surface area contributed by atoms with Crippen LogP contribution in [0.4, 0.5) is 0 Å². The van der Waals surface area contributed by atoms with Gasteiger partial charge in [0.25, 0.3) is 0 Å². The van der Waals surface area contributed by atoms with Crippen LogP contribution in [0.15, 0.2) is 6.07 Å². The summed E-state index contributed by atoms with van der Waals surface area (Å²) in [6.45, 7) is 3.97. The summed E-state index contributed by atoms with van der Waals surface area (Å²) in [5, 5.41) is 12.5. The molecule has 1 aromatic rings. The fourth-order valence-electron chi connectivity index (χ4n) is 1.04. The van der Waals surface area contributed by atoms with Gasteiger partial charge >= 0.3 is 0 Å². The fourth-order valence-corrected chi connectivity index (χ4v) is 1.04. The highest BCUT2D eigenvalue weighted by Crippen LogP contribution is 2.22. The molecule has 1 heterocycles. The highest BCUT2D eigenvalue weighted by Gasteiger charge is 2.11. The summed E-state index contributed by atoms with van der Waals surface area (Å²) in [4.78, 5) is 0. The first kappa shape index (κ1) is 10.4. The average molecular weight is 195 g/mol. The summed E-state index contributed by atoms with van der Waals surface area (Å²) in [5.74, 6) is 1.05. The van der Waals surface area contributed by atoms with E-state index >= 15 is 0 Å². The minimum Gasteiger partial charge on any atom is -0.480 e. The average Bonchev–Trinajstić information content (AvgIpc) is 2.58. The molecule has 0 N–H and O–H groups in total. The van der Waals surface area contributed by atoms with E-state index < -0.39 is 0 Å². The molecule has 0 aromatic carbocycles. The molecule has 0 aliphatic carbocycles. The summed E-state index contributed by atoms with van der Waals surface area (Å²) in [6, 6.07) is 3.74. The van der Waals surface area contributed by atoms with Crippen molar-refractivity contribution in [1.82, 2.24) is 9.78 Å². The SMILES string of the molecule is COc1cc(OCC#N)n(C(C)C)n1. The number of aromatic nitrogens is 2. The molecular weight excluding hydrogens is 182 g/mol. The molecule has 0 saturated carbocycles. The van der Waals surface area contributed by atoms with Crippen LogP contribution in [0.5, 0.6) is 11.8 Å². The standard InChI is InChI=1S/C9H13N3O2/c1-7(2)12-9(14-5-4-10)6-8(11-12)13-3/h6-7H,5H2,1-3H3. The number of nitrogens with zero attached hydrogens (tertiary/aromatic N) is 3. The predicted octanol–water partition coefficient (Wildman–Crippen LogP) is 1.37. The molecule has 0 aliphatic heterocycles. The Morgan fingerprint density at radius 2 is 2.36 bits per heavy atom. The molecule has 0 aliphatic rings. The Labute approximate surface area is 82.8 Å². The Hall–Kier alpha value is -1.70. The number of ether oxygens (including phenoxy) is 2. The maximum Gasteiger partial charge on any atom is 0.236 e. The number of hydrogen-bond acceptors (Lipinski definition) is 4. The van der Waals surface area contributed by atoms with E-state index in [1.165, 1.54) is 0 Å². The second kappa shape index (κ2) is 4.51. The smallest absolute Gasteiger partial charge is 0.236 e. The Balaban J connectivity index is 2.89. The summed E-state index contributed by atoms with van der Waals surface area (Å²) < 4.78 is 11.8. The lowest BCUT2D eigenvalue weighted by Gasteiger charge is -2.08. The lowest BCUT2D eigenvalue weighted by Crippen LogP contribution is -2.07. The van der Waals surface area contributed by atoms with Crippen molar-refractivity contribution in [1.29, 1.82) is 5.26 Å². The van der Waals surface area contributed by atoms with E-state index in [4.69, 9.17) is 14.7 Å². The molecule has 5 heteroatoms. The second-order valence-corrected chi connectivity index (χ2v) is 3.01. The zero-order chi connectivity index (χ0) is 10.6. The van der Waals surface area contributed by atoms with Crippen molar-refractivity contribution in [3.63, 3.8) is 0 Å². The van der Waals surface area contributed by atoms with E-state index in [0.717, 1.165) is 0 Å². The van der Waals surface area contributed by atoms with Gasteiger partial charge in [-0.05, 0) is 13.8 Å². The third kappa shape index (κ3) is 2.16. The summed E-state index contributed by atoms with van der Waals surface area (Å²) in [6.07, 6.45) is 0. The molecule has 14 heavy (non-hydrogen) atoms. The first-order valence-corrected chi connectivity index (χ1v) is 4.32. The van der Waals surface area contributed by atoms with Crippen molar-refractivity contribution in [3.05, 3.63) is 6.07 Å². The van der Waals surface area contributed by atoms with Gasteiger partial charge in [-0.1, -0.05) is 0 Å². The maximum atomic E-state index is 8.39. The van der Waals surface area contributed by atoms with E-state index in [2.05, 4.69) is 5.10 Å². The Morgan fingerprint density at radius 3 is 2.86 bits per heavy atom. The normalized spacial score (nSPS) is 9.93. The van der Waals surface area contributed by atoms with Gasteiger partial charge in [-0.2, -0.15) is 5.26 Å². The van der Waals surface area contributed by atoms with Crippen LogP contribution in [-0.4, -0.2) is 23.5 Å².